The van der Waals surface area contributed by atoms with Gasteiger partial charge in [-0.2, -0.15) is 10.2 Å². The first-order chi connectivity index (χ1) is 16.5. The van der Waals surface area contributed by atoms with Gasteiger partial charge in [-0.25, -0.2) is 4.98 Å². The van der Waals surface area contributed by atoms with Crippen molar-refractivity contribution in [1.82, 2.24) is 20.5 Å². The van der Waals surface area contributed by atoms with Crippen LogP contribution in [0.3, 0.4) is 0 Å². The van der Waals surface area contributed by atoms with E-state index in [0.717, 1.165) is 41.6 Å². The highest BCUT2D eigenvalue weighted by molar-refractivity contribution is 7.15. The third-order valence-corrected chi connectivity index (χ3v) is 7.78. The summed E-state index contributed by atoms with van der Waals surface area (Å²) in [5, 5.41) is 12.3. The van der Waals surface area contributed by atoms with Crippen LogP contribution in [0.1, 0.15) is 71.2 Å². The highest BCUT2D eigenvalue weighted by Gasteiger charge is 2.23. The van der Waals surface area contributed by atoms with E-state index in [1.165, 1.54) is 24.1 Å². The molecule has 34 heavy (non-hydrogen) atoms. The SMILES string of the molecule is Cc1ccc([C@@H](C)NC(=O)c2cc(OCC3CCOC3)cc(-c3ncc(C4CCC4)s3)c2)nn1. The summed E-state index contributed by atoms with van der Waals surface area (Å²) in [4.78, 5) is 19.2. The van der Waals surface area contributed by atoms with Gasteiger partial charge in [0.25, 0.3) is 5.91 Å². The quantitative estimate of drug-likeness (QED) is 0.486. The van der Waals surface area contributed by atoms with Crippen molar-refractivity contribution in [2.24, 2.45) is 5.92 Å². The van der Waals surface area contributed by atoms with Crippen molar-refractivity contribution >= 4 is 17.2 Å². The van der Waals surface area contributed by atoms with Gasteiger partial charge in [0.2, 0.25) is 0 Å². The molecule has 0 bridgehead atoms. The summed E-state index contributed by atoms with van der Waals surface area (Å²) in [7, 11) is 0. The van der Waals surface area contributed by atoms with Crippen molar-refractivity contribution in [3.8, 4) is 16.3 Å². The number of carbonyl (C=O) groups excluding carboxylic acids is 1. The molecular weight excluding hydrogens is 448 g/mol. The van der Waals surface area contributed by atoms with Crippen LogP contribution < -0.4 is 10.1 Å². The number of nitrogens with one attached hydrogen (secondary N) is 1. The average Bonchev–Trinajstić information content (AvgIpc) is 3.49. The molecule has 0 spiro atoms. The van der Waals surface area contributed by atoms with Crippen LogP contribution in [0.2, 0.25) is 0 Å². The van der Waals surface area contributed by atoms with Gasteiger partial charge in [0.05, 0.1) is 30.6 Å². The molecule has 1 saturated carbocycles. The lowest BCUT2D eigenvalue weighted by Crippen LogP contribution is -2.27. The summed E-state index contributed by atoms with van der Waals surface area (Å²) < 4.78 is 11.6. The van der Waals surface area contributed by atoms with Crippen LogP contribution in [0.25, 0.3) is 10.6 Å². The van der Waals surface area contributed by atoms with Gasteiger partial charge < -0.3 is 14.8 Å². The van der Waals surface area contributed by atoms with E-state index < -0.39 is 0 Å². The van der Waals surface area contributed by atoms with E-state index in [9.17, 15) is 4.79 Å². The maximum absolute atomic E-state index is 13.2. The minimum atomic E-state index is -0.269. The molecule has 5 rings (SSSR count). The summed E-state index contributed by atoms with van der Waals surface area (Å²) in [5.41, 5.74) is 3.01. The zero-order valence-corrected chi connectivity index (χ0v) is 20.4. The Kier molecular flexibility index (Phi) is 6.87. The number of ether oxygens (including phenoxy) is 2. The summed E-state index contributed by atoms with van der Waals surface area (Å²) >= 11 is 1.72. The van der Waals surface area contributed by atoms with Gasteiger partial charge >= 0.3 is 0 Å². The Hall–Kier alpha value is -2.84. The summed E-state index contributed by atoms with van der Waals surface area (Å²) in [6.45, 7) is 5.87. The van der Waals surface area contributed by atoms with Crippen LogP contribution in [0.15, 0.2) is 36.5 Å². The molecule has 3 aromatic rings. The molecule has 2 aliphatic rings. The number of aryl methyl sites for hydroxylation is 1. The van der Waals surface area contributed by atoms with Gasteiger partial charge in [0.15, 0.2) is 0 Å². The number of aromatic nitrogens is 3. The second kappa shape index (κ2) is 10.2. The minimum Gasteiger partial charge on any atom is -0.493 e. The molecule has 1 N–H and O–H groups in total. The highest BCUT2D eigenvalue weighted by atomic mass is 32.1. The van der Waals surface area contributed by atoms with Gasteiger partial charge in [0, 0.05) is 34.7 Å². The second-order valence-corrected chi connectivity index (χ2v) is 10.3. The topological polar surface area (TPSA) is 86.2 Å². The standard InChI is InChI=1S/C26H30N4O3S/c1-16-6-7-23(30-29-16)17(2)28-25(31)20-10-21(26-27-13-24(34-26)19-4-3-5-19)12-22(11-20)33-15-18-8-9-32-14-18/h6-7,10-13,17-19H,3-5,8-9,14-15H2,1-2H3,(H,28,31)/t17-,18?/m1/s1. The average molecular weight is 479 g/mol. The van der Waals surface area contributed by atoms with E-state index in [2.05, 4.69) is 20.5 Å². The number of carbonyl (C=O) groups is 1. The molecule has 1 aromatic carbocycles. The molecule has 1 aliphatic heterocycles. The molecule has 1 amide bonds. The van der Waals surface area contributed by atoms with Crippen molar-refractivity contribution in [2.45, 2.75) is 51.5 Å². The fraction of sp³-hybridized carbons (Fsp3) is 0.462. The van der Waals surface area contributed by atoms with Gasteiger partial charge in [-0.3, -0.25) is 4.79 Å². The molecule has 178 valence electrons. The maximum Gasteiger partial charge on any atom is 0.251 e. The molecular formula is C26H30N4O3S. The summed E-state index contributed by atoms with van der Waals surface area (Å²) in [6, 6.07) is 9.21. The van der Waals surface area contributed by atoms with Crippen LogP contribution in [-0.4, -0.2) is 40.9 Å². The largest absolute Gasteiger partial charge is 0.493 e. The van der Waals surface area contributed by atoms with E-state index in [0.29, 0.717) is 29.8 Å². The van der Waals surface area contributed by atoms with E-state index >= 15 is 0 Å². The van der Waals surface area contributed by atoms with Crippen LogP contribution in [0, 0.1) is 12.8 Å². The molecule has 2 aromatic heterocycles. The van der Waals surface area contributed by atoms with E-state index in [4.69, 9.17) is 9.47 Å². The number of rotatable bonds is 8. The first-order valence-electron chi connectivity index (χ1n) is 12.0. The Balaban J connectivity index is 1.38. The lowest BCUT2D eigenvalue weighted by molar-refractivity contribution is 0.0938. The molecule has 1 aliphatic carbocycles. The third kappa shape index (κ3) is 5.28. The number of benzene rings is 1. The second-order valence-electron chi connectivity index (χ2n) is 9.28. The number of nitrogens with zero attached hydrogens (tertiary/aromatic N) is 3. The van der Waals surface area contributed by atoms with Crippen LogP contribution >= 0.6 is 11.3 Å². The van der Waals surface area contributed by atoms with Crippen molar-refractivity contribution in [3.63, 3.8) is 0 Å². The zero-order chi connectivity index (χ0) is 23.5. The Morgan fingerprint density at radius 2 is 2.12 bits per heavy atom. The Bertz CT molecular complexity index is 1140. The number of hydrogen-bond donors (Lipinski definition) is 1. The number of thiazole rings is 1. The molecule has 2 fully saturated rings. The third-order valence-electron chi connectivity index (χ3n) is 6.57. The summed E-state index contributed by atoms with van der Waals surface area (Å²) in [5.74, 6) is 1.51. The monoisotopic (exact) mass is 478 g/mol. The molecule has 8 heteroatoms. The highest BCUT2D eigenvalue weighted by Crippen LogP contribution is 2.41. The summed E-state index contributed by atoms with van der Waals surface area (Å²) in [6.07, 6.45) is 6.76. The Morgan fingerprint density at radius 1 is 1.24 bits per heavy atom. The lowest BCUT2D eigenvalue weighted by Gasteiger charge is -2.23. The number of hydrogen-bond acceptors (Lipinski definition) is 7. The van der Waals surface area contributed by atoms with E-state index in [-0.39, 0.29) is 11.9 Å². The normalized spacial score (nSPS) is 18.9. The Labute approximate surface area is 203 Å². The molecule has 0 radical (unpaired) electrons. The molecule has 1 unspecified atom stereocenters. The number of amides is 1. The Morgan fingerprint density at radius 3 is 2.82 bits per heavy atom. The smallest absolute Gasteiger partial charge is 0.251 e. The van der Waals surface area contributed by atoms with Gasteiger partial charge in [-0.1, -0.05) is 6.42 Å². The van der Waals surface area contributed by atoms with Crippen molar-refractivity contribution < 1.29 is 14.3 Å². The van der Waals surface area contributed by atoms with Gasteiger partial charge in [-0.15, -0.1) is 11.3 Å². The zero-order valence-electron chi connectivity index (χ0n) is 19.6. The van der Waals surface area contributed by atoms with Crippen molar-refractivity contribution in [3.05, 3.63) is 58.4 Å². The first-order valence-corrected chi connectivity index (χ1v) is 12.8. The van der Waals surface area contributed by atoms with Crippen LogP contribution in [0.4, 0.5) is 0 Å². The minimum absolute atomic E-state index is 0.179. The van der Waals surface area contributed by atoms with E-state index in [1.54, 1.807) is 11.3 Å². The van der Waals surface area contributed by atoms with Crippen molar-refractivity contribution in [2.75, 3.05) is 19.8 Å². The fourth-order valence-electron chi connectivity index (χ4n) is 4.16. The van der Waals surface area contributed by atoms with E-state index in [1.807, 2.05) is 50.4 Å². The predicted molar refractivity (Wildman–Crippen MR) is 131 cm³/mol. The molecule has 7 nitrogen and oxygen atoms in total. The lowest BCUT2D eigenvalue weighted by atomic mass is 9.85. The maximum atomic E-state index is 13.2. The fourth-order valence-corrected chi connectivity index (χ4v) is 5.23. The van der Waals surface area contributed by atoms with Crippen LogP contribution in [-0.2, 0) is 4.74 Å². The van der Waals surface area contributed by atoms with Gasteiger partial charge in [0.1, 0.15) is 10.8 Å². The molecule has 1 saturated heterocycles. The van der Waals surface area contributed by atoms with Gasteiger partial charge in [-0.05, 0) is 69.4 Å². The molecule has 3 heterocycles. The van der Waals surface area contributed by atoms with Crippen LogP contribution in [0.5, 0.6) is 5.75 Å². The predicted octanol–water partition coefficient (Wildman–Crippen LogP) is 5.08. The van der Waals surface area contributed by atoms with Crippen molar-refractivity contribution in [1.29, 1.82) is 0 Å². The first kappa shape index (κ1) is 22.9. The molecule has 2 atom stereocenters.